The molecule has 106 valence electrons. The van der Waals surface area contributed by atoms with Gasteiger partial charge in [-0.25, -0.2) is 0 Å². The molecule has 0 heterocycles. The smallest absolute Gasteiger partial charge is 0.404 e. The van der Waals surface area contributed by atoms with Crippen LogP contribution >= 0.6 is 11.8 Å². The number of ether oxygens (including phenoxy) is 1. The standard InChI is InChI=1S/C11H13F3N2O2S/c1-19-5-4-16-10(17)7-2-3-9(8(15)6-7)18-11(12,13)14/h2-3,6H,4-5,15H2,1H3,(H,16,17). The van der Waals surface area contributed by atoms with Crippen LogP contribution in [0.4, 0.5) is 18.9 Å². The molecule has 0 unspecified atom stereocenters. The van der Waals surface area contributed by atoms with Gasteiger partial charge in [-0.15, -0.1) is 13.2 Å². The molecule has 0 saturated heterocycles. The molecule has 0 radical (unpaired) electrons. The van der Waals surface area contributed by atoms with E-state index in [4.69, 9.17) is 5.73 Å². The van der Waals surface area contributed by atoms with E-state index in [1.54, 1.807) is 11.8 Å². The summed E-state index contributed by atoms with van der Waals surface area (Å²) in [6.07, 6.45) is -2.91. The van der Waals surface area contributed by atoms with Gasteiger partial charge < -0.3 is 15.8 Å². The number of anilines is 1. The second-order valence-corrected chi connectivity index (χ2v) is 4.53. The van der Waals surface area contributed by atoms with Crippen molar-refractivity contribution in [2.75, 3.05) is 24.3 Å². The predicted molar refractivity (Wildman–Crippen MR) is 68.3 cm³/mol. The lowest BCUT2D eigenvalue weighted by Gasteiger charge is -2.12. The van der Waals surface area contributed by atoms with E-state index in [2.05, 4.69) is 10.1 Å². The third kappa shape index (κ3) is 5.29. The van der Waals surface area contributed by atoms with Crippen molar-refractivity contribution in [3.63, 3.8) is 0 Å². The van der Waals surface area contributed by atoms with Crippen molar-refractivity contribution in [3.05, 3.63) is 23.8 Å². The van der Waals surface area contributed by atoms with E-state index < -0.39 is 12.1 Å². The van der Waals surface area contributed by atoms with Crippen molar-refractivity contribution >= 4 is 23.4 Å². The Morgan fingerprint density at radius 2 is 2.16 bits per heavy atom. The number of nitrogens with one attached hydrogen (secondary N) is 1. The zero-order valence-corrected chi connectivity index (χ0v) is 10.9. The van der Waals surface area contributed by atoms with Crippen LogP contribution in [0.5, 0.6) is 5.75 Å². The lowest BCUT2D eigenvalue weighted by Crippen LogP contribution is -2.26. The summed E-state index contributed by atoms with van der Waals surface area (Å²) in [5, 5.41) is 2.62. The Labute approximate surface area is 112 Å². The van der Waals surface area contributed by atoms with Gasteiger partial charge in [0.25, 0.3) is 5.91 Å². The first-order valence-corrected chi connectivity index (χ1v) is 6.65. The first-order chi connectivity index (χ1) is 8.83. The summed E-state index contributed by atoms with van der Waals surface area (Å²) in [7, 11) is 0. The molecule has 19 heavy (non-hydrogen) atoms. The summed E-state index contributed by atoms with van der Waals surface area (Å²) >= 11 is 1.57. The number of thioether (sulfide) groups is 1. The second-order valence-electron chi connectivity index (χ2n) is 3.55. The molecule has 0 aliphatic heterocycles. The maximum Gasteiger partial charge on any atom is 0.573 e. The fraction of sp³-hybridized carbons (Fsp3) is 0.364. The van der Waals surface area contributed by atoms with E-state index >= 15 is 0 Å². The molecule has 0 bridgehead atoms. The van der Waals surface area contributed by atoms with Gasteiger partial charge in [0.05, 0.1) is 5.69 Å². The van der Waals surface area contributed by atoms with Crippen molar-refractivity contribution < 1.29 is 22.7 Å². The molecule has 1 aromatic carbocycles. The van der Waals surface area contributed by atoms with Gasteiger partial charge in [0.15, 0.2) is 5.75 Å². The molecule has 0 atom stereocenters. The summed E-state index contributed by atoms with van der Waals surface area (Å²) in [6.45, 7) is 0.473. The summed E-state index contributed by atoms with van der Waals surface area (Å²) in [5.74, 6) is -0.163. The van der Waals surface area contributed by atoms with Gasteiger partial charge in [0.1, 0.15) is 0 Å². The van der Waals surface area contributed by atoms with E-state index in [0.717, 1.165) is 17.9 Å². The highest BCUT2D eigenvalue weighted by atomic mass is 32.2. The zero-order valence-electron chi connectivity index (χ0n) is 10.1. The minimum atomic E-state index is -4.81. The lowest BCUT2D eigenvalue weighted by atomic mass is 10.2. The molecule has 0 aliphatic carbocycles. The Balaban J connectivity index is 2.73. The van der Waals surface area contributed by atoms with Crippen LogP contribution in [-0.4, -0.2) is 30.8 Å². The average Bonchev–Trinajstić information content (AvgIpc) is 2.30. The molecule has 0 aliphatic rings. The third-order valence-electron chi connectivity index (χ3n) is 2.09. The number of halogens is 3. The number of alkyl halides is 3. The molecule has 0 aromatic heterocycles. The fourth-order valence-electron chi connectivity index (χ4n) is 1.28. The molecule has 0 spiro atoms. The van der Waals surface area contributed by atoms with Crippen LogP contribution in [0.1, 0.15) is 10.4 Å². The fourth-order valence-corrected chi connectivity index (χ4v) is 1.58. The third-order valence-corrected chi connectivity index (χ3v) is 2.70. The van der Waals surface area contributed by atoms with Crippen LogP contribution in [0.3, 0.4) is 0 Å². The highest BCUT2D eigenvalue weighted by Crippen LogP contribution is 2.28. The van der Waals surface area contributed by atoms with Crippen molar-refractivity contribution in [3.8, 4) is 5.75 Å². The van der Waals surface area contributed by atoms with Crippen LogP contribution in [-0.2, 0) is 0 Å². The zero-order chi connectivity index (χ0) is 14.5. The summed E-state index contributed by atoms with van der Waals surface area (Å²) in [4.78, 5) is 11.6. The van der Waals surface area contributed by atoms with Gasteiger partial charge in [-0.05, 0) is 24.5 Å². The van der Waals surface area contributed by atoms with Crippen molar-refractivity contribution in [2.24, 2.45) is 0 Å². The van der Waals surface area contributed by atoms with E-state index in [1.165, 1.54) is 6.07 Å². The molecule has 1 aromatic rings. The number of hydrogen-bond donors (Lipinski definition) is 2. The largest absolute Gasteiger partial charge is 0.573 e. The topological polar surface area (TPSA) is 64.3 Å². The Bertz CT molecular complexity index is 452. The van der Waals surface area contributed by atoms with Gasteiger partial charge in [0.2, 0.25) is 0 Å². The molecular weight excluding hydrogens is 281 g/mol. The van der Waals surface area contributed by atoms with Crippen molar-refractivity contribution in [1.82, 2.24) is 5.32 Å². The molecule has 0 fully saturated rings. The molecule has 8 heteroatoms. The Morgan fingerprint density at radius 3 is 2.68 bits per heavy atom. The van der Waals surface area contributed by atoms with Gasteiger partial charge in [0, 0.05) is 17.9 Å². The number of rotatable bonds is 5. The maximum absolute atomic E-state index is 12.0. The van der Waals surface area contributed by atoms with Crippen molar-refractivity contribution in [1.29, 1.82) is 0 Å². The van der Waals surface area contributed by atoms with Crippen molar-refractivity contribution in [2.45, 2.75) is 6.36 Å². The highest BCUT2D eigenvalue weighted by molar-refractivity contribution is 7.98. The second kappa shape index (κ2) is 6.55. The van der Waals surface area contributed by atoms with Gasteiger partial charge >= 0.3 is 6.36 Å². The molecular formula is C11H13F3N2O2S. The maximum atomic E-state index is 12.0. The van der Waals surface area contributed by atoms with Crippen LogP contribution < -0.4 is 15.8 Å². The monoisotopic (exact) mass is 294 g/mol. The number of benzene rings is 1. The lowest BCUT2D eigenvalue weighted by molar-refractivity contribution is -0.274. The quantitative estimate of drug-likeness (QED) is 0.646. The Hall–Kier alpha value is -1.57. The van der Waals surface area contributed by atoms with Gasteiger partial charge in [-0.2, -0.15) is 11.8 Å². The van der Waals surface area contributed by atoms with E-state index in [-0.39, 0.29) is 17.2 Å². The molecule has 1 amide bonds. The summed E-state index contributed by atoms with van der Waals surface area (Å²) < 4.78 is 39.8. The minimum absolute atomic E-state index is 0.188. The van der Waals surface area contributed by atoms with Gasteiger partial charge in [-0.1, -0.05) is 0 Å². The number of carbonyl (C=O) groups is 1. The Morgan fingerprint density at radius 1 is 1.47 bits per heavy atom. The number of hydrogen-bond acceptors (Lipinski definition) is 4. The van der Waals surface area contributed by atoms with Crippen LogP contribution in [0.15, 0.2) is 18.2 Å². The van der Waals surface area contributed by atoms with E-state index in [1.807, 2.05) is 6.26 Å². The van der Waals surface area contributed by atoms with E-state index in [9.17, 15) is 18.0 Å². The average molecular weight is 294 g/mol. The molecule has 1 rings (SSSR count). The van der Waals surface area contributed by atoms with Crippen LogP contribution in [0.25, 0.3) is 0 Å². The number of carbonyl (C=O) groups excluding carboxylic acids is 1. The predicted octanol–water partition coefficient (Wildman–Crippen LogP) is 2.26. The van der Waals surface area contributed by atoms with Gasteiger partial charge in [-0.3, -0.25) is 4.79 Å². The first-order valence-electron chi connectivity index (χ1n) is 5.26. The van der Waals surface area contributed by atoms with E-state index in [0.29, 0.717) is 6.54 Å². The number of amides is 1. The normalized spacial score (nSPS) is 11.2. The minimum Gasteiger partial charge on any atom is -0.404 e. The molecule has 3 N–H and O–H groups in total. The summed E-state index contributed by atoms with van der Waals surface area (Å²) in [6, 6.07) is 3.40. The highest BCUT2D eigenvalue weighted by Gasteiger charge is 2.32. The van der Waals surface area contributed by atoms with Crippen LogP contribution in [0.2, 0.25) is 0 Å². The Kier molecular flexibility index (Phi) is 5.34. The summed E-state index contributed by atoms with van der Waals surface area (Å²) in [5.41, 5.74) is 5.36. The molecule has 0 saturated carbocycles. The molecule has 4 nitrogen and oxygen atoms in total. The number of nitrogens with two attached hydrogens (primary N) is 1. The van der Waals surface area contributed by atoms with Crippen LogP contribution in [0, 0.1) is 0 Å². The SMILES string of the molecule is CSCCNC(=O)c1ccc(OC(F)(F)F)c(N)c1. The first kappa shape index (κ1) is 15.5. The number of nitrogen functional groups attached to an aromatic ring is 1.